The Morgan fingerprint density at radius 2 is 1.95 bits per heavy atom. The molecular formula is C13H19NO5S. The Morgan fingerprint density at radius 1 is 1.30 bits per heavy atom. The molecule has 6 nitrogen and oxygen atoms in total. The number of rotatable bonds is 9. The summed E-state index contributed by atoms with van der Waals surface area (Å²) in [6.07, 6.45) is 0.616. The highest BCUT2D eigenvalue weighted by atomic mass is 32.2. The Labute approximate surface area is 118 Å². The molecule has 1 aromatic rings. The van der Waals surface area contributed by atoms with Gasteiger partial charge in [0.15, 0.2) is 0 Å². The van der Waals surface area contributed by atoms with Crippen LogP contribution >= 0.6 is 0 Å². The molecule has 1 rings (SSSR count). The summed E-state index contributed by atoms with van der Waals surface area (Å²) in [5.41, 5.74) is 0.683. The number of benzene rings is 1. The van der Waals surface area contributed by atoms with Gasteiger partial charge in [0.2, 0.25) is 10.0 Å². The first kappa shape index (κ1) is 16.6. The van der Waals surface area contributed by atoms with Gasteiger partial charge in [0.05, 0.1) is 11.3 Å². The van der Waals surface area contributed by atoms with Crippen LogP contribution in [0.3, 0.4) is 0 Å². The highest BCUT2D eigenvalue weighted by Gasteiger charge is 2.11. The van der Waals surface area contributed by atoms with Gasteiger partial charge in [-0.3, -0.25) is 0 Å². The van der Waals surface area contributed by atoms with Gasteiger partial charge in [0.25, 0.3) is 0 Å². The lowest BCUT2D eigenvalue weighted by molar-refractivity contribution is 0.0697. The predicted octanol–water partition coefficient (Wildman–Crippen LogP) is 1.23. The van der Waals surface area contributed by atoms with Crippen molar-refractivity contribution in [3.8, 4) is 0 Å². The third-order valence-electron chi connectivity index (χ3n) is 2.55. The fourth-order valence-electron chi connectivity index (χ4n) is 1.56. The second-order valence-electron chi connectivity index (χ2n) is 4.21. The van der Waals surface area contributed by atoms with Gasteiger partial charge in [-0.1, -0.05) is 12.1 Å². The maximum Gasteiger partial charge on any atom is 0.335 e. The fourth-order valence-corrected chi connectivity index (χ4v) is 2.75. The van der Waals surface area contributed by atoms with Crippen molar-refractivity contribution in [1.29, 1.82) is 0 Å². The summed E-state index contributed by atoms with van der Waals surface area (Å²) in [6, 6.07) is 5.79. The summed E-state index contributed by atoms with van der Waals surface area (Å²) < 4.78 is 31.2. The predicted molar refractivity (Wildman–Crippen MR) is 75.1 cm³/mol. The van der Waals surface area contributed by atoms with Crippen molar-refractivity contribution >= 4 is 16.0 Å². The molecule has 0 radical (unpaired) electrons. The zero-order valence-corrected chi connectivity index (χ0v) is 12.1. The van der Waals surface area contributed by atoms with E-state index in [-0.39, 0.29) is 11.3 Å². The van der Waals surface area contributed by atoms with Crippen molar-refractivity contribution in [1.82, 2.24) is 4.72 Å². The number of ether oxygens (including phenoxy) is 1. The van der Waals surface area contributed by atoms with E-state index in [1.807, 2.05) is 6.92 Å². The summed E-state index contributed by atoms with van der Waals surface area (Å²) in [4.78, 5) is 10.7. The molecule has 7 heteroatoms. The van der Waals surface area contributed by atoms with E-state index < -0.39 is 16.0 Å². The van der Waals surface area contributed by atoms with Gasteiger partial charge >= 0.3 is 5.97 Å². The van der Waals surface area contributed by atoms with E-state index in [0.717, 1.165) is 0 Å². The lowest BCUT2D eigenvalue weighted by atomic mass is 10.1. The Morgan fingerprint density at radius 3 is 2.50 bits per heavy atom. The molecule has 0 saturated carbocycles. The van der Waals surface area contributed by atoms with E-state index in [9.17, 15) is 13.2 Å². The zero-order valence-electron chi connectivity index (χ0n) is 11.3. The number of hydrogen-bond acceptors (Lipinski definition) is 4. The van der Waals surface area contributed by atoms with Crippen LogP contribution in [0.1, 0.15) is 29.3 Å². The highest BCUT2D eigenvalue weighted by Crippen LogP contribution is 2.08. The van der Waals surface area contributed by atoms with Gasteiger partial charge in [-0.25, -0.2) is 17.9 Å². The van der Waals surface area contributed by atoms with Gasteiger partial charge in [0.1, 0.15) is 0 Å². The summed E-state index contributed by atoms with van der Waals surface area (Å²) in [5, 5.41) is 8.75. The van der Waals surface area contributed by atoms with Crippen LogP contribution in [0.15, 0.2) is 24.3 Å². The molecule has 2 N–H and O–H groups in total. The molecule has 0 fully saturated rings. The summed E-state index contributed by atoms with van der Waals surface area (Å²) in [6.45, 7) is 3.34. The zero-order chi connectivity index (χ0) is 15.0. The Hall–Kier alpha value is -1.44. The Balaban J connectivity index is 2.47. The average Bonchev–Trinajstić information content (AvgIpc) is 2.38. The van der Waals surface area contributed by atoms with Crippen molar-refractivity contribution in [2.75, 3.05) is 19.8 Å². The third kappa shape index (κ3) is 6.14. The van der Waals surface area contributed by atoms with Crippen LogP contribution in [0.25, 0.3) is 0 Å². The molecule has 0 bridgehead atoms. The van der Waals surface area contributed by atoms with Crippen LogP contribution in [0.4, 0.5) is 0 Å². The number of carboxylic acid groups (broad SMARTS) is 1. The van der Waals surface area contributed by atoms with Gasteiger partial charge in [0, 0.05) is 19.8 Å². The molecule has 0 amide bonds. The number of carbonyl (C=O) groups is 1. The van der Waals surface area contributed by atoms with Crippen molar-refractivity contribution in [3.63, 3.8) is 0 Å². The van der Waals surface area contributed by atoms with Gasteiger partial charge in [-0.15, -0.1) is 0 Å². The fraction of sp³-hybridized carbons (Fsp3) is 0.462. The summed E-state index contributed by atoms with van der Waals surface area (Å²) in [7, 11) is -3.41. The molecule has 0 spiro atoms. The molecule has 20 heavy (non-hydrogen) atoms. The lowest BCUT2D eigenvalue weighted by Crippen LogP contribution is -2.26. The molecule has 1 aromatic carbocycles. The summed E-state index contributed by atoms with van der Waals surface area (Å²) in [5.74, 6) is -1.20. The highest BCUT2D eigenvalue weighted by molar-refractivity contribution is 7.88. The van der Waals surface area contributed by atoms with Crippen LogP contribution in [0.5, 0.6) is 0 Å². The minimum Gasteiger partial charge on any atom is -0.478 e. The first-order valence-corrected chi connectivity index (χ1v) is 7.97. The number of carboxylic acids is 1. The molecule has 0 saturated heterocycles. The molecule has 0 heterocycles. The van der Waals surface area contributed by atoms with E-state index in [0.29, 0.717) is 31.7 Å². The van der Waals surface area contributed by atoms with E-state index in [1.165, 1.54) is 24.3 Å². The van der Waals surface area contributed by atoms with Crippen LogP contribution < -0.4 is 4.72 Å². The maximum absolute atomic E-state index is 11.8. The average molecular weight is 301 g/mol. The van der Waals surface area contributed by atoms with E-state index in [2.05, 4.69) is 4.72 Å². The number of hydrogen-bond donors (Lipinski definition) is 2. The molecule has 0 aliphatic rings. The molecule has 0 atom stereocenters. The van der Waals surface area contributed by atoms with Gasteiger partial charge in [-0.2, -0.15) is 0 Å². The van der Waals surface area contributed by atoms with Crippen LogP contribution in [0.2, 0.25) is 0 Å². The second kappa shape index (κ2) is 7.98. The number of sulfonamides is 1. The number of aromatic carboxylic acids is 1. The Kier molecular flexibility index (Phi) is 6.63. The largest absolute Gasteiger partial charge is 0.478 e. The van der Waals surface area contributed by atoms with E-state index in [1.54, 1.807) is 0 Å². The topological polar surface area (TPSA) is 92.7 Å². The quantitative estimate of drug-likeness (QED) is 0.669. The molecule has 112 valence electrons. The second-order valence-corrected chi connectivity index (χ2v) is 6.01. The van der Waals surface area contributed by atoms with E-state index >= 15 is 0 Å². The maximum atomic E-state index is 11.8. The first-order valence-electron chi connectivity index (χ1n) is 6.32. The molecular weight excluding hydrogens is 282 g/mol. The SMILES string of the molecule is CCOCCCNS(=O)(=O)Cc1ccc(C(=O)O)cc1. The monoisotopic (exact) mass is 301 g/mol. The van der Waals surface area contributed by atoms with Gasteiger partial charge < -0.3 is 9.84 Å². The standard InChI is InChI=1S/C13H19NO5S/c1-2-19-9-3-8-14-20(17,18)10-11-4-6-12(7-5-11)13(15)16/h4-7,14H,2-3,8-10H2,1H3,(H,15,16). The Bertz CT molecular complexity index is 524. The van der Waals surface area contributed by atoms with Crippen molar-refractivity contribution in [2.45, 2.75) is 19.1 Å². The lowest BCUT2D eigenvalue weighted by Gasteiger charge is -2.07. The molecule has 0 aromatic heterocycles. The minimum atomic E-state index is -3.41. The van der Waals surface area contributed by atoms with Gasteiger partial charge in [-0.05, 0) is 31.0 Å². The molecule has 0 aliphatic carbocycles. The van der Waals surface area contributed by atoms with Crippen LogP contribution in [-0.4, -0.2) is 39.3 Å². The first-order chi connectivity index (χ1) is 9.44. The molecule has 0 unspecified atom stereocenters. The van der Waals surface area contributed by atoms with Crippen molar-refractivity contribution in [2.24, 2.45) is 0 Å². The van der Waals surface area contributed by atoms with E-state index in [4.69, 9.17) is 9.84 Å². The molecule has 0 aliphatic heterocycles. The normalized spacial score (nSPS) is 11.4. The van der Waals surface area contributed by atoms with Crippen molar-refractivity contribution < 1.29 is 23.1 Å². The number of nitrogens with one attached hydrogen (secondary N) is 1. The third-order valence-corrected chi connectivity index (χ3v) is 3.91. The smallest absolute Gasteiger partial charge is 0.335 e. The van der Waals surface area contributed by atoms with Crippen molar-refractivity contribution in [3.05, 3.63) is 35.4 Å². The van der Waals surface area contributed by atoms with Crippen LogP contribution in [0, 0.1) is 0 Å². The summed E-state index contributed by atoms with van der Waals surface area (Å²) >= 11 is 0. The van der Waals surface area contributed by atoms with Crippen LogP contribution in [-0.2, 0) is 20.5 Å². The minimum absolute atomic E-state index is 0.135.